The molecule has 112 valence electrons. The molecule has 0 bridgehead atoms. The molecule has 0 saturated carbocycles. The molecular formula is C15H31N3O. The molecule has 1 atom stereocenters. The van der Waals surface area contributed by atoms with Gasteiger partial charge in [-0.25, -0.2) is 0 Å². The summed E-state index contributed by atoms with van der Waals surface area (Å²) in [5.74, 6) is 0.311. The summed E-state index contributed by atoms with van der Waals surface area (Å²) < 4.78 is 0. The number of rotatable bonds is 9. The standard InChI is InChI=1S/C15H31N3O/c1-5-9-16-14-8-12-18(15(14)19)11-7-6-10-17(4)13(2)3/h13-14,16H,5-12H2,1-4H3. The Morgan fingerprint density at radius 3 is 2.79 bits per heavy atom. The molecule has 0 radical (unpaired) electrons. The molecule has 1 amide bonds. The highest BCUT2D eigenvalue weighted by Gasteiger charge is 2.30. The van der Waals surface area contributed by atoms with Crippen LogP contribution in [0.3, 0.4) is 0 Å². The lowest BCUT2D eigenvalue weighted by Crippen LogP contribution is -2.39. The molecule has 0 aromatic carbocycles. The quantitative estimate of drug-likeness (QED) is 0.647. The van der Waals surface area contributed by atoms with Crippen LogP contribution >= 0.6 is 0 Å². The van der Waals surface area contributed by atoms with Crippen LogP contribution in [-0.2, 0) is 4.79 Å². The van der Waals surface area contributed by atoms with E-state index in [-0.39, 0.29) is 6.04 Å². The van der Waals surface area contributed by atoms with Gasteiger partial charge in [0, 0.05) is 19.1 Å². The number of carbonyl (C=O) groups is 1. The van der Waals surface area contributed by atoms with E-state index >= 15 is 0 Å². The number of carbonyl (C=O) groups excluding carboxylic acids is 1. The van der Waals surface area contributed by atoms with Crippen molar-refractivity contribution in [1.29, 1.82) is 0 Å². The summed E-state index contributed by atoms with van der Waals surface area (Å²) in [6.07, 6.45) is 4.35. The molecule has 1 rings (SSSR count). The Hall–Kier alpha value is -0.610. The Balaban J connectivity index is 2.15. The lowest BCUT2D eigenvalue weighted by molar-refractivity contribution is -0.129. The van der Waals surface area contributed by atoms with Crippen molar-refractivity contribution in [1.82, 2.24) is 15.1 Å². The minimum atomic E-state index is 0.0817. The van der Waals surface area contributed by atoms with E-state index in [1.54, 1.807) is 0 Å². The maximum atomic E-state index is 12.1. The van der Waals surface area contributed by atoms with Gasteiger partial charge in [-0.2, -0.15) is 0 Å². The highest BCUT2D eigenvalue weighted by Crippen LogP contribution is 2.12. The number of nitrogens with zero attached hydrogens (tertiary/aromatic N) is 2. The lowest BCUT2D eigenvalue weighted by atomic mass is 10.2. The molecule has 1 aliphatic heterocycles. The van der Waals surface area contributed by atoms with Crippen LogP contribution in [-0.4, -0.2) is 61.0 Å². The van der Waals surface area contributed by atoms with Crippen LogP contribution in [0.5, 0.6) is 0 Å². The third kappa shape index (κ3) is 5.49. The van der Waals surface area contributed by atoms with Gasteiger partial charge in [-0.3, -0.25) is 4.79 Å². The molecule has 1 saturated heterocycles. The van der Waals surface area contributed by atoms with Gasteiger partial charge in [0.25, 0.3) is 0 Å². The predicted octanol–water partition coefficient (Wildman–Crippen LogP) is 1.71. The van der Waals surface area contributed by atoms with Crippen LogP contribution in [0, 0.1) is 0 Å². The summed E-state index contributed by atoms with van der Waals surface area (Å²) in [5, 5.41) is 3.34. The van der Waals surface area contributed by atoms with E-state index in [9.17, 15) is 4.79 Å². The first-order chi connectivity index (χ1) is 9.06. The summed E-state index contributed by atoms with van der Waals surface area (Å²) >= 11 is 0. The average molecular weight is 269 g/mol. The van der Waals surface area contributed by atoms with Crippen molar-refractivity contribution in [3.8, 4) is 0 Å². The molecule has 1 unspecified atom stereocenters. The van der Waals surface area contributed by atoms with Crippen molar-refractivity contribution in [2.45, 2.75) is 58.5 Å². The normalized spacial score (nSPS) is 20.0. The van der Waals surface area contributed by atoms with E-state index in [1.807, 2.05) is 4.90 Å². The Morgan fingerprint density at radius 2 is 2.16 bits per heavy atom. The smallest absolute Gasteiger partial charge is 0.239 e. The van der Waals surface area contributed by atoms with E-state index in [2.05, 4.69) is 38.0 Å². The van der Waals surface area contributed by atoms with Gasteiger partial charge >= 0.3 is 0 Å². The van der Waals surface area contributed by atoms with E-state index in [1.165, 1.54) is 6.42 Å². The van der Waals surface area contributed by atoms with Crippen molar-refractivity contribution in [2.24, 2.45) is 0 Å². The molecule has 0 aromatic heterocycles. The van der Waals surface area contributed by atoms with Gasteiger partial charge in [0.15, 0.2) is 0 Å². The largest absolute Gasteiger partial charge is 0.341 e. The summed E-state index contributed by atoms with van der Waals surface area (Å²) in [5.41, 5.74) is 0. The maximum absolute atomic E-state index is 12.1. The summed E-state index contributed by atoms with van der Waals surface area (Å²) in [4.78, 5) is 16.5. The summed E-state index contributed by atoms with van der Waals surface area (Å²) in [6, 6.07) is 0.689. The van der Waals surface area contributed by atoms with Gasteiger partial charge in [-0.05, 0) is 59.7 Å². The van der Waals surface area contributed by atoms with Gasteiger partial charge in [-0.15, -0.1) is 0 Å². The van der Waals surface area contributed by atoms with Crippen LogP contribution in [0.4, 0.5) is 0 Å². The number of unbranched alkanes of at least 4 members (excludes halogenated alkanes) is 1. The molecule has 4 heteroatoms. The van der Waals surface area contributed by atoms with Gasteiger partial charge in [0.2, 0.25) is 5.91 Å². The first-order valence-electron chi connectivity index (χ1n) is 7.78. The van der Waals surface area contributed by atoms with E-state index in [0.717, 1.165) is 45.4 Å². The Morgan fingerprint density at radius 1 is 1.42 bits per heavy atom. The average Bonchev–Trinajstić information content (AvgIpc) is 2.73. The minimum Gasteiger partial charge on any atom is -0.341 e. The summed E-state index contributed by atoms with van der Waals surface area (Å²) in [6.45, 7) is 10.5. The fraction of sp³-hybridized carbons (Fsp3) is 0.933. The predicted molar refractivity (Wildman–Crippen MR) is 80.3 cm³/mol. The van der Waals surface area contributed by atoms with Gasteiger partial charge in [-0.1, -0.05) is 6.92 Å². The molecule has 0 spiro atoms. The number of hydrogen-bond acceptors (Lipinski definition) is 3. The second kappa shape index (κ2) is 8.54. The van der Waals surface area contributed by atoms with Crippen molar-refractivity contribution in [3.05, 3.63) is 0 Å². The van der Waals surface area contributed by atoms with Crippen molar-refractivity contribution in [3.63, 3.8) is 0 Å². The van der Waals surface area contributed by atoms with Gasteiger partial charge in [0.05, 0.1) is 6.04 Å². The zero-order chi connectivity index (χ0) is 14.3. The monoisotopic (exact) mass is 269 g/mol. The third-order valence-electron chi connectivity index (χ3n) is 4.01. The Bertz CT molecular complexity index is 268. The Kier molecular flexibility index (Phi) is 7.39. The van der Waals surface area contributed by atoms with E-state index < -0.39 is 0 Å². The van der Waals surface area contributed by atoms with Crippen LogP contribution < -0.4 is 5.32 Å². The van der Waals surface area contributed by atoms with Crippen LogP contribution in [0.1, 0.15) is 46.5 Å². The first kappa shape index (κ1) is 16.4. The highest BCUT2D eigenvalue weighted by atomic mass is 16.2. The fourth-order valence-corrected chi connectivity index (χ4v) is 2.39. The maximum Gasteiger partial charge on any atom is 0.239 e. The number of amides is 1. The second-order valence-corrected chi connectivity index (χ2v) is 5.90. The lowest BCUT2D eigenvalue weighted by Gasteiger charge is -2.22. The first-order valence-corrected chi connectivity index (χ1v) is 7.78. The summed E-state index contributed by atoms with van der Waals surface area (Å²) in [7, 11) is 2.16. The molecular weight excluding hydrogens is 238 g/mol. The number of hydrogen-bond donors (Lipinski definition) is 1. The molecule has 1 aliphatic rings. The van der Waals surface area contributed by atoms with Crippen LogP contribution in [0.25, 0.3) is 0 Å². The second-order valence-electron chi connectivity index (χ2n) is 5.90. The molecule has 1 N–H and O–H groups in total. The van der Waals surface area contributed by atoms with Gasteiger partial charge in [0.1, 0.15) is 0 Å². The SMILES string of the molecule is CCCNC1CCN(CCCCN(C)C(C)C)C1=O. The zero-order valence-corrected chi connectivity index (χ0v) is 13.1. The number of nitrogens with one attached hydrogen (secondary N) is 1. The fourth-order valence-electron chi connectivity index (χ4n) is 2.39. The topological polar surface area (TPSA) is 35.6 Å². The van der Waals surface area contributed by atoms with Crippen LogP contribution in [0.2, 0.25) is 0 Å². The van der Waals surface area contributed by atoms with E-state index in [0.29, 0.717) is 11.9 Å². The Labute approximate surface area is 118 Å². The van der Waals surface area contributed by atoms with Crippen molar-refractivity contribution >= 4 is 5.91 Å². The molecule has 1 heterocycles. The zero-order valence-electron chi connectivity index (χ0n) is 13.1. The molecule has 19 heavy (non-hydrogen) atoms. The molecule has 4 nitrogen and oxygen atoms in total. The van der Waals surface area contributed by atoms with Crippen LogP contribution in [0.15, 0.2) is 0 Å². The van der Waals surface area contributed by atoms with Crippen molar-refractivity contribution < 1.29 is 4.79 Å². The number of likely N-dealkylation sites (tertiary alicyclic amines) is 1. The van der Waals surface area contributed by atoms with E-state index in [4.69, 9.17) is 0 Å². The minimum absolute atomic E-state index is 0.0817. The van der Waals surface area contributed by atoms with Gasteiger partial charge < -0.3 is 15.1 Å². The molecule has 1 fully saturated rings. The molecule has 0 aliphatic carbocycles. The van der Waals surface area contributed by atoms with Crippen molar-refractivity contribution in [2.75, 3.05) is 33.2 Å². The highest BCUT2D eigenvalue weighted by molar-refractivity contribution is 5.83. The third-order valence-corrected chi connectivity index (χ3v) is 4.01. The molecule has 0 aromatic rings.